The van der Waals surface area contributed by atoms with Crippen LogP contribution in [0.5, 0.6) is 6.01 Å². The normalized spacial score (nSPS) is 21.8. The topological polar surface area (TPSA) is 86.0 Å². The molecule has 0 radical (unpaired) electrons. The van der Waals surface area contributed by atoms with Crippen LogP contribution in [0.3, 0.4) is 0 Å². The molecule has 6 nitrogen and oxygen atoms in total. The summed E-state index contributed by atoms with van der Waals surface area (Å²) in [6, 6.07) is 0.650. The minimum Gasteiger partial charge on any atom is -0.464 e. The highest BCUT2D eigenvalue weighted by molar-refractivity contribution is 5.34. The van der Waals surface area contributed by atoms with E-state index in [2.05, 4.69) is 34.1 Å². The van der Waals surface area contributed by atoms with E-state index in [-0.39, 0.29) is 17.4 Å². The number of nitrogens with two attached hydrogens (primary N) is 1. The second kappa shape index (κ2) is 4.96. The first kappa shape index (κ1) is 12.9. The fourth-order valence-corrected chi connectivity index (χ4v) is 2.38. The predicted octanol–water partition coefficient (Wildman–Crippen LogP) is 1.84. The van der Waals surface area contributed by atoms with Crippen molar-refractivity contribution in [2.24, 2.45) is 5.41 Å². The number of aromatic nitrogens is 3. The highest BCUT2D eigenvalue weighted by Gasteiger charge is 2.34. The molecule has 1 aromatic rings. The van der Waals surface area contributed by atoms with Crippen molar-refractivity contribution >= 4 is 11.9 Å². The monoisotopic (exact) mass is 251 g/mol. The second-order valence-corrected chi connectivity index (χ2v) is 5.31. The molecular weight excluding hydrogens is 230 g/mol. The van der Waals surface area contributed by atoms with Crippen molar-refractivity contribution in [3.8, 4) is 6.01 Å². The van der Waals surface area contributed by atoms with Gasteiger partial charge in [-0.1, -0.05) is 20.3 Å². The van der Waals surface area contributed by atoms with Crippen LogP contribution in [0.15, 0.2) is 0 Å². The van der Waals surface area contributed by atoms with E-state index >= 15 is 0 Å². The molecule has 1 aromatic heterocycles. The van der Waals surface area contributed by atoms with Crippen molar-refractivity contribution in [2.45, 2.75) is 46.1 Å². The van der Waals surface area contributed by atoms with Gasteiger partial charge in [-0.25, -0.2) is 0 Å². The van der Waals surface area contributed by atoms with Crippen molar-refractivity contribution in [1.29, 1.82) is 0 Å². The van der Waals surface area contributed by atoms with E-state index in [1.54, 1.807) is 0 Å². The lowest BCUT2D eigenvalue weighted by Gasteiger charge is -2.27. The minimum atomic E-state index is 0.187. The molecule has 1 heterocycles. The van der Waals surface area contributed by atoms with Gasteiger partial charge in [0, 0.05) is 6.04 Å². The zero-order valence-corrected chi connectivity index (χ0v) is 11.2. The molecular formula is C12H21N5O. The summed E-state index contributed by atoms with van der Waals surface area (Å²) >= 11 is 0. The Morgan fingerprint density at radius 1 is 1.39 bits per heavy atom. The summed E-state index contributed by atoms with van der Waals surface area (Å²) in [5, 5.41) is 3.35. The van der Waals surface area contributed by atoms with Gasteiger partial charge in [-0.15, -0.1) is 0 Å². The second-order valence-electron chi connectivity index (χ2n) is 5.31. The van der Waals surface area contributed by atoms with Crippen molar-refractivity contribution in [2.75, 3.05) is 17.7 Å². The first-order valence-corrected chi connectivity index (χ1v) is 6.42. The number of anilines is 2. The van der Waals surface area contributed by atoms with Crippen LogP contribution in [-0.4, -0.2) is 27.6 Å². The maximum atomic E-state index is 5.65. The van der Waals surface area contributed by atoms with Gasteiger partial charge in [0.05, 0.1) is 6.61 Å². The van der Waals surface area contributed by atoms with E-state index < -0.39 is 0 Å². The van der Waals surface area contributed by atoms with Crippen LogP contribution in [-0.2, 0) is 0 Å². The molecule has 18 heavy (non-hydrogen) atoms. The van der Waals surface area contributed by atoms with Crippen LogP contribution in [0.25, 0.3) is 0 Å². The first-order chi connectivity index (χ1) is 8.51. The number of nitrogen functional groups attached to an aromatic ring is 1. The number of rotatable bonds is 4. The Morgan fingerprint density at radius 3 is 2.78 bits per heavy atom. The average molecular weight is 251 g/mol. The fourth-order valence-electron chi connectivity index (χ4n) is 2.38. The molecule has 1 unspecified atom stereocenters. The van der Waals surface area contributed by atoms with Gasteiger partial charge in [0.15, 0.2) is 0 Å². The largest absolute Gasteiger partial charge is 0.464 e. The standard InChI is InChI=1S/C12H21N5O/c1-4-18-11-16-9(13)15-10(17-11)14-8-6-5-7-12(8,2)3/h8H,4-7H2,1-3H3,(H3,13,14,15,16,17). The molecule has 0 spiro atoms. The molecule has 2 rings (SSSR count). The van der Waals surface area contributed by atoms with Crippen LogP contribution in [0, 0.1) is 5.41 Å². The van der Waals surface area contributed by atoms with Gasteiger partial charge in [0.25, 0.3) is 0 Å². The molecule has 0 aromatic carbocycles. The Bertz CT molecular complexity index is 421. The highest BCUT2D eigenvalue weighted by Crippen LogP contribution is 2.38. The smallest absolute Gasteiger partial charge is 0.323 e. The molecule has 6 heteroatoms. The van der Waals surface area contributed by atoms with Crippen LogP contribution in [0.2, 0.25) is 0 Å². The molecule has 1 atom stereocenters. The Hall–Kier alpha value is -1.59. The molecule has 1 saturated carbocycles. The lowest BCUT2D eigenvalue weighted by molar-refractivity contribution is 0.311. The van der Waals surface area contributed by atoms with E-state index in [4.69, 9.17) is 10.5 Å². The fraction of sp³-hybridized carbons (Fsp3) is 0.750. The summed E-state index contributed by atoms with van der Waals surface area (Å²) in [6.45, 7) is 6.91. The first-order valence-electron chi connectivity index (χ1n) is 6.42. The van der Waals surface area contributed by atoms with Gasteiger partial charge >= 0.3 is 6.01 Å². The Labute approximate surface area is 107 Å². The number of nitrogens with one attached hydrogen (secondary N) is 1. The van der Waals surface area contributed by atoms with Gasteiger partial charge in [0.1, 0.15) is 0 Å². The number of hydrogen-bond acceptors (Lipinski definition) is 6. The summed E-state index contributed by atoms with van der Waals surface area (Å²) < 4.78 is 5.26. The lowest BCUT2D eigenvalue weighted by atomic mass is 9.87. The SMILES string of the molecule is CCOc1nc(N)nc(NC2CCCC2(C)C)n1. The number of hydrogen-bond donors (Lipinski definition) is 2. The van der Waals surface area contributed by atoms with Gasteiger partial charge in [-0.3, -0.25) is 0 Å². The minimum absolute atomic E-state index is 0.187. The molecule has 0 aliphatic heterocycles. The van der Waals surface area contributed by atoms with Gasteiger partial charge in [-0.05, 0) is 25.2 Å². The molecule has 3 N–H and O–H groups in total. The molecule has 0 saturated heterocycles. The van der Waals surface area contributed by atoms with Crippen molar-refractivity contribution in [3.05, 3.63) is 0 Å². The van der Waals surface area contributed by atoms with Crippen LogP contribution in [0.4, 0.5) is 11.9 Å². The molecule has 1 fully saturated rings. The van der Waals surface area contributed by atoms with Gasteiger partial charge in [0.2, 0.25) is 11.9 Å². The zero-order valence-electron chi connectivity index (χ0n) is 11.2. The summed E-state index contributed by atoms with van der Waals surface area (Å²) in [5.74, 6) is 0.692. The third kappa shape index (κ3) is 2.80. The van der Waals surface area contributed by atoms with Crippen LogP contribution in [0.1, 0.15) is 40.0 Å². The summed E-state index contributed by atoms with van der Waals surface area (Å²) in [7, 11) is 0. The lowest BCUT2D eigenvalue weighted by Crippen LogP contribution is -2.31. The quantitative estimate of drug-likeness (QED) is 0.849. The van der Waals surface area contributed by atoms with E-state index in [0.29, 0.717) is 18.6 Å². The van der Waals surface area contributed by atoms with E-state index in [0.717, 1.165) is 6.42 Å². The molecule has 0 amide bonds. The Morgan fingerprint density at radius 2 is 2.17 bits per heavy atom. The number of ether oxygens (including phenoxy) is 1. The molecule has 1 aliphatic carbocycles. The van der Waals surface area contributed by atoms with Crippen LogP contribution < -0.4 is 15.8 Å². The average Bonchev–Trinajstić information content (AvgIpc) is 2.58. The highest BCUT2D eigenvalue weighted by atomic mass is 16.5. The Kier molecular flexibility index (Phi) is 3.54. The third-order valence-electron chi connectivity index (χ3n) is 3.47. The van der Waals surface area contributed by atoms with Crippen molar-refractivity contribution in [1.82, 2.24) is 15.0 Å². The molecule has 100 valence electrons. The van der Waals surface area contributed by atoms with Crippen molar-refractivity contribution in [3.63, 3.8) is 0 Å². The predicted molar refractivity (Wildman–Crippen MR) is 70.5 cm³/mol. The summed E-state index contributed by atoms with van der Waals surface area (Å²) in [6.07, 6.45) is 3.57. The van der Waals surface area contributed by atoms with E-state index in [1.807, 2.05) is 6.92 Å². The van der Waals surface area contributed by atoms with Crippen LogP contribution >= 0.6 is 0 Å². The van der Waals surface area contributed by atoms with Crippen molar-refractivity contribution < 1.29 is 4.74 Å². The van der Waals surface area contributed by atoms with Gasteiger partial charge in [-0.2, -0.15) is 15.0 Å². The third-order valence-corrected chi connectivity index (χ3v) is 3.47. The number of nitrogens with zero attached hydrogens (tertiary/aromatic N) is 3. The maximum absolute atomic E-state index is 5.65. The van der Waals surface area contributed by atoms with Gasteiger partial charge < -0.3 is 15.8 Å². The zero-order chi connectivity index (χ0) is 13.2. The summed E-state index contributed by atoms with van der Waals surface area (Å²) in [4.78, 5) is 12.3. The molecule has 0 bridgehead atoms. The van der Waals surface area contributed by atoms with E-state index in [9.17, 15) is 0 Å². The van der Waals surface area contributed by atoms with E-state index in [1.165, 1.54) is 12.8 Å². The Balaban J connectivity index is 2.13. The molecule has 1 aliphatic rings. The maximum Gasteiger partial charge on any atom is 0.323 e. The summed E-state index contributed by atoms with van der Waals surface area (Å²) in [5.41, 5.74) is 5.91.